The van der Waals surface area contributed by atoms with E-state index >= 15 is 0 Å². The van der Waals surface area contributed by atoms with Gasteiger partial charge in [-0.2, -0.15) is 11.8 Å². The van der Waals surface area contributed by atoms with Crippen LogP contribution in [0.3, 0.4) is 0 Å². The molecule has 0 fully saturated rings. The smallest absolute Gasteiger partial charge is 0.118 e. The largest absolute Gasteiger partial charge is 0.497 e. The van der Waals surface area contributed by atoms with Crippen molar-refractivity contribution in [3.63, 3.8) is 0 Å². The Morgan fingerprint density at radius 1 is 1.24 bits per heavy atom. The van der Waals surface area contributed by atoms with Gasteiger partial charge in [0.2, 0.25) is 0 Å². The van der Waals surface area contributed by atoms with Gasteiger partial charge in [0.25, 0.3) is 0 Å². The molecule has 0 aliphatic heterocycles. The maximum atomic E-state index is 5.15. The molecule has 1 aromatic carbocycles. The molecule has 2 nitrogen and oxygen atoms in total. The summed E-state index contributed by atoms with van der Waals surface area (Å²) >= 11 is 1.92. The predicted molar refractivity (Wildman–Crippen MR) is 77.0 cm³/mol. The van der Waals surface area contributed by atoms with Crippen LogP contribution in [0, 0.1) is 0 Å². The van der Waals surface area contributed by atoms with Gasteiger partial charge in [0.05, 0.1) is 7.11 Å². The molecule has 0 aliphatic rings. The van der Waals surface area contributed by atoms with Crippen LogP contribution in [0.4, 0.5) is 0 Å². The Kier molecular flexibility index (Phi) is 7.13. The van der Waals surface area contributed by atoms with Crippen molar-refractivity contribution >= 4 is 11.8 Å². The fourth-order valence-corrected chi connectivity index (χ4v) is 2.19. The number of benzene rings is 1. The second-order valence-electron chi connectivity index (χ2n) is 4.15. The van der Waals surface area contributed by atoms with Crippen molar-refractivity contribution in [1.29, 1.82) is 0 Å². The van der Waals surface area contributed by atoms with Crippen LogP contribution in [-0.4, -0.2) is 25.7 Å². The average Bonchev–Trinajstić information content (AvgIpc) is 2.38. The zero-order valence-corrected chi connectivity index (χ0v) is 11.8. The van der Waals surface area contributed by atoms with Crippen LogP contribution < -0.4 is 10.1 Å². The first kappa shape index (κ1) is 14.4. The van der Waals surface area contributed by atoms with Gasteiger partial charge >= 0.3 is 0 Å². The number of methoxy groups -OCH3 is 1. The van der Waals surface area contributed by atoms with Gasteiger partial charge in [-0.15, -0.1) is 0 Å². The Hall–Kier alpha value is -0.670. The zero-order chi connectivity index (χ0) is 12.5. The summed E-state index contributed by atoms with van der Waals surface area (Å²) in [5.41, 5.74) is 1.32. The summed E-state index contributed by atoms with van der Waals surface area (Å²) < 4.78 is 5.15. The van der Waals surface area contributed by atoms with Gasteiger partial charge in [-0.25, -0.2) is 0 Å². The molecule has 96 valence electrons. The van der Waals surface area contributed by atoms with E-state index in [9.17, 15) is 0 Å². The molecule has 17 heavy (non-hydrogen) atoms. The van der Waals surface area contributed by atoms with E-state index in [0.29, 0.717) is 6.04 Å². The lowest BCUT2D eigenvalue weighted by Crippen LogP contribution is -2.19. The van der Waals surface area contributed by atoms with E-state index in [1.807, 2.05) is 23.9 Å². The van der Waals surface area contributed by atoms with Crippen molar-refractivity contribution in [2.45, 2.75) is 25.8 Å². The molecular formula is C14H23NOS. The molecule has 0 heterocycles. The Bertz CT molecular complexity index is 300. The average molecular weight is 253 g/mol. The molecule has 0 aromatic heterocycles. The molecule has 0 spiro atoms. The minimum atomic E-state index is 0.412. The van der Waals surface area contributed by atoms with Crippen LogP contribution in [0.25, 0.3) is 0 Å². The van der Waals surface area contributed by atoms with Crippen LogP contribution in [0.5, 0.6) is 5.75 Å². The van der Waals surface area contributed by atoms with E-state index < -0.39 is 0 Å². The minimum absolute atomic E-state index is 0.412. The number of hydrogen-bond donors (Lipinski definition) is 1. The van der Waals surface area contributed by atoms with Crippen molar-refractivity contribution in [2.24, 2.45) is 0 Å². The van der Waals surface area contributed by atoms with Crippen molar-refractivity contribution in [3.8, 4) is 5.75 Å². The third kappa shape index (κ3) is 5.46. The first-order chi connectivity index (χ1) is 8.27. The fourth-order valence-electron chi connectivity index (χ4n) is 1.70. The van der Waals surface area contributed by atoms with Crippen molar-refractivity contribution in [2.75, 3.05) is 25.7 Å². The molecule has 0 aliphatic carbocycles. The van der Waals surface area contributed by atoms with E-state index in [1.54, 1.807) is 7.11 Å². The van der Waals surface area contributed by atoms with Gasteiger partial charge < -0.3 is 10.1 Å². The molecule has 0 saturated heterocycles. The highest BCUT2D eigenvalue weighted by molar-refractivity contribution is 7.98. The molecule has 1 atom stereocenters. The van der Waals surface area contributed by atoms with Crippen molar-refractivity contribution in [3.05, 3.63) is 29.8 Å². The number of thioether (sulfide) groups is 1. The summed E-state index contributed by atoms with van der Waals surface area (Å²) in [5, 5.41) is 3.55. The highest BCUT2D eigenvalue weighted by Gasteiger charge is 2.03. The van der Waals surface area contributed by atoms with Crippen LogP contribution in [0.1, 0.15) is 31.4 Å². The Morgan fingerprint density at radius 3 is 2.53 bits per heavy atom. The van der Waals surface area contributed by atoms with Crippen molar-refractivity contribution in [1.82, 2.24) is 5.32 Å². The predicted octanol–water partition coefficient (Wildman–Crippen LogP) is 3.49. The van der Waals surface area contributed by atoms with Crippen LogP contribution in [-0.2, 0) is 0 Å². The first-order valence-corrected chi connectivity index (χ1v) is 7.53. The summed E-state index contributed by atoms with van der Waals surface area (Å²) in [6.45, 7) is 3.30. The summed E-state index contributed by atoms with van der Waals surface area (Å²) in [4.78, 5) is 0. The van der Waals surface area contributed by atoms with Gasteiger partial charge in [-0.3, -0.25) is 0 Å². The highest BCUT2D eigenvalue weighted by Crippen LogP contribution is 2.17. The lowest BCUT2D eigenvalue weighted by atomic mass is 10.1. The highest BCUT2D eigenvalue weighted by atomic mass is 32.2. The van der Waals surface area contributed by atoms with E-state index in [-0.39, 0.29) is 0 Å². The maximum absolute atomic E-state index is 5.15. The number of rotatable bonds is 8. The van der Waals surface area contributed by atoms with E-state index in [0.717, 1.165) is 12.3 Å². The quantitative estimate of drug-likeness (QED) is 0.717. The summed E-state index contributed by atoms with van der Waals surface area (Å²) in [5.74, 6) is 2.18. The molecule has 0 unspecified atom stereocenters. The second-order valence-corrected chi connectivity index (χ2v) is 5.13. The van der Waals surface area contributed by atoms with Crippen molar-refractivity contribution < 1.29 is 4.74 Å². The van der Waals surface area contributed by atoms with Crippen LogP contribution >= 0.6 is 11.8 Å². The summed E-state index contributed by atoms with van der Waals surface area (Å²) in [6.07, 6.45) is 4.71. The third-order valence-corrected chi connectivity index (χ3v) is 3.54. The van der Waals surface area contributed by atoms with Crippen LogP contribution in [0.15, 0.2) is 24.3 Å². The normalized spacial score (nSPS) is 12.4. The first-order valence-electron chi connectivity index (χ1n) is 6.14. The summed E-state index contributed by atoms with van der Waals surface area (Å²) in [6, 6.07) is 8.69. The maximum Gasteiger partial charge on any atom is 0.118 e. The molecule has 0 saturated carbocycles. The van der Waals surface area contributed by atoms with Gasteiger partial charge in [-0.1, -0.05) is 12.1 Å². The lowest BCUT2D eigenvalue weighted by molar-refractivity contribution is 0.414. The standard InChI is InChI=1S/C14H23NOS/c1-12(15-10-4-5-11-17-3)13-6-8-14(16-2)9-7-13/h6-9,12,15H,4-5,10-11H2,1-3H3/t12-/m0/s1. The Balaban J connectivity index is 2.28. The Morgan fingerprint density at radius 2 is 1.94 bits per heavy atom. The topological polar surface area (TPSA) is 21.3 Å². The zero-order valence-electron chi connectivity index (χ0n) is 11.0. The number of hydrogen-bond acceptors (Lipinski definition) is 3. The molecule has 3 heteroatoms. The number of nitrogens with one attached hydrogen (secondary N) is 1. The monoisotopic (exact) mass is 253 g/mol. The fraction of sp³-hybridized carbons (Fsp3) is 0.571. The SMILES string of the molecule is COc1ccc([C@H](C)NCCCCSC)cc1. The number of ether oxygens (including phenoxy) is 1. The third-order valence-electron chi connectivity index (χ3n) is 2.84. The number of unbranched alkanes of at least 4 members (excludes halogenated alkanes) is 1. The minimum Gasteiger partial charge on any atom is -0.497 e. The summed E-state index contributed by atoms with van der Waals surface area (Å²) in [7, 11) is 1.70. The molecular weight excluding hydrogens is 230 g/mol. The second kappa shape index (κ2) is 8.43. The van der Waals surface area contributed by atoms with Gasteiger partial charge in [-0.05, 0) is 56.0 Å². The molecule has 0 radical (unpaired) electrons. The van der Waals surface area contributed by atoms with Crippen LogP contribution in [0.2, 0.25) is 0 Å². The molecule has 1 rings (SSSR count). The van der Waals surface area contributed by atoms with Gasteiger partial charge in [0.15, 0.2) is 0 Å². The van der Waals surface area contributed by atoms with Gasteiger partial charge in [0, 0.05) is 6.04 Å². The van der Waals surface area contributed by atoms with E-state index in [1.165, 1.54) is 24.2 Å². The van der Waals surface area contributed by atoms with Gasteiger partial charge in [0.1, 0.15) is 5.75 Å². The Labute approximate surface area is 109 Å². The van der Waals surface area contributed by atoms with E-state index in [4.69, 9.17) is 4.74 Å². The molecule has 0 amide bonds. The molecule has 1 N–H and O–H groups in total. The molecule has 1 aromatic rings. The molecule has 0 bridgehead atoms. The lowest BCUT2D eigenvalue weighted by Gasteiger charge is -2.14. The van der Waals surface area contributed by atoms with E-state index in [2.05, 4.69) is 30.6 Å².